The molecule has 0 bridgehead atoms. The van der Waals surface area contributed by atoms with Gasteiger partial charge in [0.25, 0.3) is 0 Å². The van der Waals surface area contributed by atoms with E-state index in [1.54, 1.807) is 13.8 Å². The van der Waals surface area contributed by atoms with Crippen molar-refractivity contribution >= 4 is 22.2 Å². The van der Waals surface area contributed by atoms with E-state index in [0.29, 0.717) is 0 Å². The fourth-order valence-electron chi connectivity index (χ4n) is 1.99. The van der Waals surface area contributed by atoms with Gasteiger partial charge < -0.3 is 8.97 Å². The van der Waals surface area contributed by atoms with Crippen LogP contribution in [0, 0.1) is 0 Å². The second kappa shape index (κ2) is 10.5. The SMILES string of the molecule is CC(C)S(=O)[O-].CCCCCCCc1ccc2ocnc2c1. The van der Waals surface area contributed by atoms with Crippen LogP contribution in [0.3, 0.4) is 0 Å². The van der Waals surface area contributed by atoms with E-state index >= 15 is 0 Å². The number of nitrogens with zero attached hydrogens (tertiary/aromatic N) is 1. The fourth-order valence-corrected chi connectivity index (χ4v) is 1.99. The number of benzene rings is 1. The van der Waals surface area contributed by atoms with Gasteiger partial charge in [0.1, 0.15) is 5.52 Å². The van der Waals surface area contributed by atoms with E-state index in [-0.39, 0.29) is 5.25 Å². The quantitative estimate of drug-likeness (QED) is 0.551. The third-order valence-corrected chi connectivity index (χ3v) is 4.12. The summed E-state index contributed by atoms with van der Waals surface area (Å²) in [6.45, 7) is 5.50. The standard InChI is InChI=1S/C14H19NO.C3H8O2S/c1-2-3-4-5-6-7-12-8-9-14-13(10-12)15-11-16-14;1-3(2)6(4)5/h8-11H,2-7H2,1H3;3H,1-2H3,(H,4,5)/p-1. The van der Waals surface area contributed by atoms with Crippen molar-refractivity contribution in [3.8, 4) is 0 Å². The van der Waals surface area contributed by atoms with E-state index in [1.165, 1.54) is 44.1 Å². The Bertz CT molecular complexity index is 566. The first-order chi connectivity index (χ1) is 10.5. The van der Waals surface area contributed by atoms with Crippen molar-refractivity contribution in [1.29, 1.82) is 0 Å². The minimum absolute atomic E-state index is 0.231. The van der Waals surface area contributed by atoms with Gasteiger partial charge in [0.2, 0.25) is 0 Å². The van der Waals surface area contributed by atoms with Gasteiger partial charge >= 0.3 is 0 Å². The van der Waals surface area contributed by atoms with E-state index in [9.17, 15) is 8.76 Å². The number of oxazole rings is 1. The number of rotatable bonds is 7. The molecule has 0 aliphatic rings. The zero-order valence-corrected chi connectivity index (χ0v) is 14.5. The summed E-state index contributed by atoms with van der Waals surface area (Å²) in [4.78, 5) is 4.17. The summed E-state index contributed by atoms with van der Waals surface area (Å²) < 4.78 is 24.6. The van der Waals surface area contributed by atoms with E-state index in [1.807, 2.05) is 6.07 Å². The molecule has 0 amide bonds. The lowest BCUT2D eigenvalue weighted by Crippen LogP contribution is -2.02. The van der Waals surface area contributed by atoms with Crippen molar-refractivity contribution in [1.82, 2.24) is 4.98 Å². The van der Waals surface area contributed by atoms with Gasteiger partial charge in [-0.3, -0.25) is 4.21 Å². The smallest absolute Gasteiger partial charge is 0.181 e. The molecule has 5 heteroatoms. The predicted octanol–water partition coefficient (Wildman–Crippen LogP) is 4.61. The van der Waals surface area contributed by atoms with Crippen molar-refractivity contribution in [3.05, 3.63) is 30.2 Å². The first-order valence-electron chi connectivity index (χ1n) is 7.94. The van der Waals surface area contributed by atoms with Crippen molar-refractivity contribution in [2.45, 2.75) is 64.5 Å². The Morgan fingerprint density at radius 3 is 2.55 bits per heavy atom. The molecular formula is C17H26NO3S-. The number of fused-ring (bicyclic) bond motifs is 1. The van der Waals surface area contributed by atoms with Crippen molar-refractivity contribution in [2.24, 2.45) is 0 Å². The van der Waals surface area contributed by atoms with E-state index in [0.717, 1.165) is 17.5 Å². The molecule has 2 aromatic rings. The monoisotopic (exact) mass is 324 g/mol. The summed E-state index contributed by atoms with van der Waals surface area (Å²) in [6, 6.07) is 6.30. The molecule has 1 aromatic carbocycles. The summed E-state index contributed by atoms with van der Waals surface area (Å²) in [5.41, 5.74) is 3.23. The molecule has 0 radical (unpaired) electrons. The number of hydrogen-bond acceptors (Lipinski definition) is 4. The molecule has 0 spiro atoms. The third kappa shape index (κ3) is 7.18. The molecule has 1 unspecified atom stereocenters. The van der Waals surface area contributed by atoms with E-state index < -0.39 is 11.1 Å². The van der Waals surface area contributed by atoms with Crippen molar-refractivity contribution in [2.75, 3.05) is 0 Å². The second-order valence-corrected chi connectivity index (χ2v) is 7.09. The maximum absolute atomic E-state index is 9.70. The van der Waals surface area contributed by atoms with Gasteiger partial charge in [-0.15, -0.1) is 0 Å². The second-order valence-electron chi connectivity index (χ2n) is 5.63. The molecule has 4 nitrogen and oxygen atoms in total. The Kier molecular flexibility index (Phi) is 9.01. The largest absolute Gasteiger partial charge is 0.772 e. The van der Waals surface area contributed by atoms with Crippen molar-refractivity contribution in [3.63, 3.8) is 0 Å². The van der Waals surface area contributed by atoms with Crippen LogP contribution in [0.4, 0.5) is 0 Å². The molecule has 2 rings (SSSR count). The van der Waals surface area contributed by atoms with E-state index in [2.05, 4.69) is 24.0 Å². The van der Waals surface area contributed by atoms with Crippen LogP contribution >= 0.6 is 0 Å². The van der Waals surface area contributed by atoms with Gasteiger partial charge in [0.05, 0.1) is 0 Å². The molecule has 1 heterocycles. The number of hydrogen-bond donors (Lipinski definition) is 0. The van der Waals surface area contributed by atoms with Crippen LogP contribution in [0.15, 0.2) is 29.0 Å². The molecule has 0 saturated heterocycles. The normalized spacial score (nSPS) is 12.2. The highest BCUT2D eigenvalue weighted by atomic mass is 32.2. The van der Waals surface area contributed by atoms with Crippen LogP contribution < -0.4 is 0 Å². The van der Waals surface area contributed by atoms with Gasteiger partial charge in [-0.25, -0.2) is 4.98 Å². The topological polar surface area (TPSA) is 66.2 Å². The summed E-state index contributed by atoms with van der Waals surface area (Å²) in [6.07, 6.45) is 9.33. The zero-order chi connectivity index (χ0) is 16.4. The van der Waals surface area contributed by atoms with Crippen LogP contribution in [-0.4, -0.2) is 19.0 Å². The highest BCUT2D eigenvalue weighted by molar-refractivity contribution is 7.79. The third-order valence-electron chi connectivity index (χ3n) is 3.35. The molecule has 0 aliphatic heterocycles. The van der Waals surface area contributed by atoms with Gasteiger partial charge in [-0.05, 0) is 30.5 Å². The lowest BCUT2D eigenvalue weighted by Gasteiger charge is -2.05. The van der Waals surface area contributed by atoms with Gasteiger partial charge in [-0.2, -0.15) is 0 Å². The van der Waals surface area contributed by atoms with Crippen LogP contribution in [-0.2, 0) is 17.5 Å². The fraction of sp³-hybridized carbons (Fsp3) is 0.588. The summed E-state index contributed by atoms with van der Waals surface area (Å²) in [7, 11) is 0. The number of unbranched alkanes of at least 4 members (excludes halogenated alkanes) is 4. The van der Waals surface area contributed by atoms with Crippen LogP contribution in [0.5, 0.6) is 0 Å². The van der Waals surface area contributed by atoms with Crippen LogP contribution in [0.25, 0.3) is 11.1 Å². The summed E-state index contributed by atoms with van der Waals surface area (Å²) in [5, 5.41) is -0.231. The predicted molar refractivity (Wildman–Crippen MR) is 90.5 cm³/mol. The van der Waals surface area contributed by atoms with E-state index in [4.69, 9.17) is 4.42 Å². The highest BCUT2D eigenvalue weighted by Crippen LogP contribution is 2.16. The van der Waals surface area contributed by atoms with Gasteiger partial charge in [-0.1, -0.05) is 63.6 Å². The minimum atomic E-state index is -1.87. The highest BCUT2D eigenvalue weighted by Gasteiger charge is 2.00. The minimum Gasteiger partial charge on any atom is -0.772 e. The Morgan fingerprint density at radius 1 is 1.23 bits per heavy atom. The Balaban J connectivity index is 0.000000346. The average Bonchev–Trinajstić information content (AvgIpc) is 2.95. The maximum Gasteiger partial charge on any atom is 0.181 e. The first-order valence-corrected chi connectivity index (χ1v) is 9.08. The molecule has 0 fully saturated rings. The first kappa shape index (κ1) is 18.8. The van der Waals surface area contributed by atoms with Gasteiger partial charge in [0, 0.05) is 5.25 Å². The van der Waals surface area contributed by atoms with Gasteiger partial charge in [0.15, 0.2) is 12.0 Å². The Hall–Kier alpha value is -1.20. The van der Waals surface area contributed by atoms with Crippen molar-refractivity contribution < 1.29 is 13.2 Å². The molecule has 1 atom stereocenters. The summed E-state index contributed by atoms with van der Waals surface area (Å²) in [5.74, 6) is 0. The molecular weight excluding hydrogens is 298 g/mol. The zero-order valence-electron chi connectivity index (χ0n) is 13.7. The lowest BCUT2D eigenvalue weighted by molar-refractivity contribution is 0.528. The molecule has 0 aliphatic carbocycles. The van der Waals surface area contributed by atoms with Crippen LogP contribution in [0.2, 0.25) is 0 Å². The summed E-state index contributed by atoms with van der Waals surface area (Å²) >= 11 is -1.87. The molecule has 0 N–H and O–H groups in total. The number of aromatic nitrogens is 1. The average molecular weight is 324 g/mol. The number of aryl methyl sites for hydroxylation is 1. The molecule has 0 saturated carbocycles. The maximum atomic E-state index is 9.70. The van der Waals surface area contributed by atoms with Crippen LogP contribution in [0.1, 0.15) is 58.4 Å². The molecule has 124 valence electrons. The Labute approximate surface area is 135 Å². The molecule has 22 heavy (non-hydrogen) atoms. The lowest BCUT2D eigenvalue weighted by atomic mass is 10.1. The molecule has 1 aromatic heterocycles. The Morgan fingerprint density at radius 2 is 1.91 bits per heavy atom.